The molecule has 1 N–H and O–H groups in total. The van der Waals surface area contributed by atoms with Crippen LogP contribution in [0.15, 0.2) is 0 Å². The lowest BCUT2D eigenvalue weighted by Crippen LogP contribution is -2.43. The molecule has 0 saturated carbocycles. The number of thioether (sulfide) groups is 1. The first-order valence-electron chi connectivity index (χ1n) is 7.53. The molecule has 0 aliphatic carbocycles. The highest BCUT2D eigenvalue weighted by Gasteiger charge is 2.21. The highest BCUT2D eigenvalue weighted by Crippen LogP contribution is 2.17. The maximum Gasteiger partial charge on any atom is 0.0589 e. The van der Waals surface area contributed by atoms with E-state index in [-0.39, 0.29) is 0 Å². The summed E-state index contributed by atoms with van der Waals surface area (Å²) in [5, 5.41) is 3.73. The van der Waals surface area contributed by atoms with Gasteiger partial charge in [0.05, 0.1) is 6.10 Å². The van der Waals surface area contributed by atoms with E-state index in [0.29, 0.717) is 12.1 Å². The van der Waals surface area contributed by atoms with Gasteiger partial charge in [-0.1, -0.05) is 13.3 Å². The Morgan fingerprint density at radius 1 is 1.33 bits per heavy atom. The second-order valence-electron chi connectivity index (χ2n) is 5.41. The van der Waals surface area contributed by atoms with Gasteiger partial charge in [-0.05, 0) is 19.3 Å². The number of ether oxygens (including phenoxy) is 1. The van der Waals surface area contributed by atoms with Crippen molar-refractivity contribution in [3.63, 3.8) is 0 Å². The molecule has 0 aromatic heterocycles. The molecule has 2 saturated heterocycles. The average Bonchev–Trinajstić information content (AvgIpc) is 2.41. The van der Waals surface area contributed by atoms with Crippen molar-refractivity contribution in [3.8, 4) is 0 Å². The number of hydrogen-bond acceptors (Lipinski definition) is 4. The van der Waals surface area contributed by atoms with Crippen molar-refractivity contribution in [3.05, 3.63) is 0 Å². The van der Waals surface area contributed by atoms with E-state index in [9.17, 15) is 0 Å². The van der Waals surface area contributed by atoms with Crippen LogP contribution in [0.5, 0.6) is 0 Å². The lowest BCUT2D eigenvalue weighted by atomic mass is 10.0. The third-order valence-corrected chi connectivity index (χ3v) is 4.89. The Hall–Kier alpha value is 0.230. The summed E-state index contributed by atoms with van der Waals surface area (Å²) in [5.74, 6) is 2.63. The van der Waals surface area contributed by atoms with Gasteiger partial charge in [0, 0.05) is 50.3 Å². The van der Waals surface area contributed by atoms with Gasteiger partial charge in [0.2, 0.25) is 0 Å². The average molecular weight is 272 g/mol. The molecule has 2 atom stereocenters. The Labute approximate surface area is 116 Å². The van der Waals surface area contributed by atoms with Crippen molar-refractivity contribution in [1.82, 2.24) is 10.2 Å². The predicted octanol–water partition coefficient (Wildman–Crippen LogP) is 1.97. The van der Waals surface area contributed by atoms with Crippen LogP contribution in [0.2, 0.25) is 0 Å². The van der Waals surface area contributed by atoms with Gasteiger partial charge in [-0.3, -0.25) is 0 Å². The minimum atomic E-state index is 0.507. The van der Waals surface area contributed by atoms with Gasteiger partial charge in [0.1, 0.15) is 0 Å². The first kappa shape index (κ1) is 14.6. The molecule has 18 heavy (non-hydrogen) atoms. The zero-order chi connectivity index (χ0) is 12.6. The van der Waals surface area contributed by atoms with Crippen LogP contribution in [-0.4, -0.2) is 61.3 Å². The van der Waals surface area contributed by atoms with E-state index >= 15 is 0 Å². The largest absolute Gasteiger partial charge is 0.378 e. The molecule has 0 amide bonds. The van der Waals surface area contributed by atoms with Crippen molar-refractivity contribution in [2.75, 3.05) is 44.3 Å². The first-order chi connectivity index (χ1) is 8.88. The summed E-state index contributed by atoms with van der Waals surface area (Å²) in [4.78, 5) is 2.59. The standard InChI is InChI=1S/C14H28N2OS/c1-2-3-14-12-13(4-9-17-14)15-5-6-16-7-10-18-11-8-16/h13-15H,2-12H2,1H3. The topological polar surface area (TPSA) is 24.5 Å². The lowest BCUT2D eigenvalue weighted by Gasteiger charge is -2.31. The van der Waals surface area contributed by atoms with Crippen LogP contribution in [0.4, 0.5) is 0 Å². The molecule has 0 radical (unpaired) electrons. The molecule has 0 spiro atoms. The summed E-state index contributed by atoms with van der Waals surface area (Å²) in [5.41, 5.74) is 0. The number of hydrogen-bond donors (Lipinski definition) is 1. The van der Waals surface area contributed by atoms with Crippen molar-refractivity contribution < 1.29 is 4.74 Å². The minimum Gasteiger partial charge on any atom is -0.378 e. The van der Waals surface area contributed by atoms with Crippen LogP contribution in [-0.2, 0) is 4.74 Å². The molecule has 4 heteroatoms. The number of rotatable bonds is 6. The van der Waals surface area contributed by atoms with Crippen LogP contribution in [0, 0.1) is 0 Å². The lowest BCUT2D eigenvalue weighted by molar-refractivity contribution is -0.00335. The van der Waals surface area contributed by atoms with E-state index in [2.05, 4.69) is 28.9 Å². The van der Waals surface area contributed by atoms with E-state index in [1.165, 1.54) is 56.8 Å². The maximum atomic E-state index is 5.79. The van der Waals surface area contributed by atoms with Crippen molar-refractivity contribution >= 4 is 11.8 Å². The molecule has 2 heterocycles. The third-order valence-electron chi connectivity index (χ3n) is 3.94. The van der Waals surface area contributed by atoms with E-state index in [4.69, 9.17) is 4.74 Å². The smallest absolute Gasteiger partial charge is 0.0589 e. The highest BCUT2D eigenvalue weighted by atomic mass is 32.2. The normalized spacial score (nSPS) is 30.5. The molecular formula is C14H28N2OS. The maximum absolute atomic E-state index is 5.79. The molecule has 2 fully saturated rings. The van der Waals surface area contributed by atoms with Crippen LogP contribution >= 0.6 is 11.8 Å². The van der Waals surface area contributed by atoms with Crippen LogP contribution in [0.1, 0.15) is 32.6 Å². The van der Waals surface area contributed by atoms with E-state index in [0.717, 1.165) is 13.2 Å². The molecule has 0 bridgehead atoms. The van der Waals surface area contributed by atoms with Crippen molar-refractivity contribution in [1.29, 1.82) is 0 Å². The fourth-order valence-electron chi connectivity index (χ4n) is 2.84. The molecule has 3 nitrogen and oxygen atoms in total. The molecule has 2 aliphatic rings. The summed E-state index contributed by atoms with van der Waals surface area (Å²) in [6.07, 6.45) is 5.37. The van der Waals surface area contributed by atoms with Crippen molar-refractivity contribution in [2.24, 2.45) is 0 Å². The van der Waals surface area contributed by atoms with Gasteiger partial charge in [-0.15, -0.1) is 0 Å². The van der Waals surface area contributed by atoms with Gasteiger partial charge >= 0.3 is 0 Å². The summed E-state index contributed by atoms with van der Waals surface area (Å²) in [6, 6.07) is 0.689. The Bertz CT molecular complexity index is 220. The van der Waals surface area contributed by atoms with E-state index in [1.54, 1.807) is 0 Å². The molecule has 106 valence electrons. The second-order valence-corrected chi connectivity index (χ2v) is 6.64. The Kier molecular flexibility index (Phi) is 6.84. The van der Waals surface area contributed by atoms with Crippen LogP contribution < -0.4 is 5.32 Å². The Morgan fingerprint density at radius 3 is 2.94 bits per heavy atom. The second kappa shape index (κ2) is 8.41. The highest BCUT2D eigenvalue weighted by molar-refractivity contribution is 7.99. The SMILES string of the molecule is CCCC1CC(NCCN2CCSCC2)CCO1. The van der Waals surface area contributed by atoms with Crippen LogP contribution in [0.3, 0.4) is 0 Å². The quantitative estimate of drug-likeness (QED) is 0.799. The molecule has 2 unspecified atom stereocenters. The number of nitrogens with zero attached hydrogens (tertiary/aromatic N) is 1. The van der Waals surface area contributed by atoms with Crippen molar-refractivity contribution in [2.45, 2.75) is 44.8 Å². The zero-order valence-corrected chi connectivity index (χ0v) is 12.5. The Balaban J connectivity index is 1.57. The summed E-state index contributed by atoms with van der Waals surface area (Å²) >= 11 is 2.09. The monoisotopic (exact) mass is 272 g/mol. The Morgan fingerprint density at radius 2 is 2.17 bits per heavy atom. The fourth-order valence-corrected chi connectivity index (χ4v) is 3.82. The van der Waals surface area contributed by atoms with Crippen LogP contribution in [0.25, 0.3) is 0 Å². The first-order valence-corrected chi connectivity index (χ1v) is 8.69. The van der Waals surface area contributed by atoms with E-state index < -0.39 is 0 Å². The van der Waals surface area contributed by atoms with Gasteiger partial charge in [-0.2, -0.15) is 11.8 Å². The molecule has 0 aromatic carbocycles. The van der Waals surface area contributed by atoms with Gasteiger partial charge < -0.3 is 15.0 Å². The number of nitrogens with one attached hydrogen (secondary N) is 1. The summed E-state index contributed by atoms with van der Waals surface area (Å²) in [7, 11) is 0. The van der Waals surface area contributed by atoms with Gasteiger partial charge in [-0.25, -0.2) is 0 Å². The zero-order valence-electron chi connectivity index (χ0n) is 11.7. The van der Waals surface area contributed by atoms with Gasteiger partial charge in [0.25, 0.3) is 0 Å². The predicted molar refractivity (Wildman–Crippen MR) is 79.4 cm³/mol. The molecule has 2 rings (SSSR count). The molecule has 2 aliphatic heterocycles. The third kappa shape index (κ3) is 5.08. The minimum absolute atomic E-state index is 0.507. The molecular weight excluding hydrogens is 244 g/mol. The fraction of sp³-hybridized carbons (Fsp3) is 1.00. The summed E-state index contributed by atoms with van der Waals surface area (Å²) in [6.45, 7) is 8.11. The summed E-state index contributed by atoms with van der Waals surface area (Å²) < 4.78 is 5.79. The van der Waals surface area contributed by atoms with E-state index in [1.807, 2.05) is 0 Å². The molecule has 0 aromatic rings. The van der Waals surface area contributed by atoms with Gasteiger partial charge in [0.15, 0.2) is 0 Å².